The average Bonchev–Trinajstić information content (AvgIpc) is 3.08. The second-order valence-corrected chi connectivity index (χ2v) is 6.03. The summed E-state index contributed by atoms with van der Waals surface area (Å²) in [7, 11) is 0. The first-order valence-electron chi connectivity index (χ1n) is 6.61. The van der Waals surface area contributed by atoms with Crippen molar-refractivity contribution in [1.29, 1.82) is 0 Å². The summed E-state index contributed by atoms with van der Waals surface area (Å²) in [5.41, 5.74) is 0.727. The van der Waals surface area contributed by atoms with Crippen LogP contribution in [0.2, 0.25) is 0 Å². The second kappa shape index (κ2) is 6.23. The molecule has 0 aromatic carbocycles. The molecule has 3 nitrogen and oxygen atoms in total. The summed E-state index contributed by atoms with van der Waals surface area (Å²) >= 11 is 1.43. The van der Waals surface area contributed by atoms with Crippen molar-refractivity contribution in [2.75, 3.05) is 13.2 Å². The molecule has 19 heavy (non-hydrogen) atoms. The van der Waals surface area contributed by atoms with Crippen molar-refractivity contribution in [2.24, 2.45) is 5.92 Å². The predicted molar refractivity (Wildman–Crippen MR) is 77.2 cm³/mol. The number of thiophene rings is 1. The molecule has 0 atom stereocenters. The number of carbonyl (C=O) groups is 1. The van der Waals surface area contributed by atoms with Crippen molar-refractivity contribution < 1.29 is 9.90 Å². The van der Waals surface area contributed by atoms with E-state index < -0.39 is 0 Å². The lowest BCUT2D eigenvalue weighted by Gasteiger charge is -2.26. The normalized spacial score (nSPS) is 14.1. The summed E-state index contributed by atoms with van der Waals surface area (Å²) in [5.74, 6) is 6.21. The molecule has 4 heteroatoms. The molecular formula is C15H19NO2S. The predicted octanol–water partition coefficient (Wildman–Crippen LogP) is 2.35. The van der Waals surface area contributed by atoms with Crippen molar-refractivity contribution in [1.82, 2.24) is 4.90 Å². The van der Waals surface area contributed by atoms with Gasteiger partial charge in [0, 0.05) is 18.2 Å². The van der Waals surface area contributed by atoms with Gasteiger partial charge in [0.1, 0.15) is 11.5 Å². The zero-order valence-electron chi connectivity index (χ0n) is 11.3. The summed E-state index contributed by atoms with van der Waals surface area (Å²) < 4.78 is 0. The zero-order valence-corrected chi connectivity index (χ0v) is 12.2. The molecule has 2 rings (SSSR count). The summed E-state index contributed by atoms with van der Waals surface area (Å²) in [6, 6.07) is 2.05. The summed E-state index contributed by atoms with van der Waals surface area (Å²) in [6.07, 6.45) is 2.47. The number of hydrogen-bond acceptors (Lipinski definition) is 3. The minimum Gasteiger partial charge on any atom is -0.384 e. The molecule has 1 aliphatic rings. The Kier molecular flexibility index (Phi) is 4.62. The maximum absolute atomic E-state index is 12.6. The molecule has 1 heterocycles. The third-order valence-corrected chi connectivity index (χ3v) is 4.10. The van der Waals surface area contributed by atoms with E-state index in [0.29, 0.717) is 10.8 Å². The molecule has 1 amide bonds. The third-order valence-electron chi connectivity index (χ3n) is 3.20. The van der Waals surface area contributed by atoms with E-state index in [0.717, 1.165) is 12.1 Å². The van der Waals surface area contributed by atoms with E-state index in [-0.39, 0.29) is 18.6 Å². The number of aliphatic hydroxyl groups excluding tert-OH is 1. The first-order valence-corrected chi connectivity index (χ1v) is 7.49. The van der Waals surface area contributed by atoms with Crippen molar-refractivity contribution in [3.63, 3.8) is 0 Å². The van der Waals surface area contributed by atoms with E-state index in [1.54, 1.807) is 0 Å². The van der Waals surface area contributed by atoms with Crippen molar-refractivity contribution in [3.05, 3.63) is 21.9 Å². The Bertz CT molecular complexity index is 506. The van der Waals surface area contributed by atoms with E-state index in [1.807, 2.05) is 30.2 Å². The SMILES string of the molecule is CC(C)N(CC1CC1)C(=O)c1sccc1C#CCO. The highest BCUT2D eigenvalue weighted by atomic mass is 32.1. The molecule has 1 aromatic heterocycles. The number of amides is 1. The van der Waals surface area contributed by atoms with Crippen molar-refractivity contribution in [3.8, 4) is 11.8 Å². The van der Waals surface area contributed by atoms with Gasteiger partial charge in [-0.3, -0.25) is 4.79 Å². The number of hydrogen-bond donors (Lipinski definition) is 1. The first-order chi connectivity index (χ1) is 9.13. The fraction of sp³-hybridized carbons (Fsp3) is 0.533. The molecule has 102 valence electrons. The van der Waals surface area contributed by atoms with Crippen LogP contribution in [0.25, 0.3) is 0 Å². The first kappa shape index (κ1) is 14.1. The quantitative estimate of drug-likeness (QED) is 0.858. The lowest BCUT2D eigenvalue weighted by atomic mass is 10.2. The van der Waals surface area contributed by atoms with Crippen LogP contribution in [-0.2, 0) is 0 Å². The van der Waals surface area contributed by atoms with Crippen molar-refractivity contribution in [2.45, 2.75) is 32.7 Å². The molecule has 0 saturated heterocycles. The average molecular weight is 277 g/mol. The molecular weight excluding hydrogens is 258 g/mol. The largest absolute Gasteiger partial charge is 0.384 e. The molecule has 0 bridgehead atoms. The molecule has 0 aliphatic heterocycles. The third kappa shape index (κ3) is 3.59. The topological polar surface area (TPSA) is 40.5 Å². The number of rotatable bonds is 4. The van der Waals surface area contributed by atoms with Crippen LogP contribution in [0, 0.1) is 17.8 Å². The van der Waals surface area contributed by atoms with Gasteiger partial charge in [-0.25, -0.2) is 0 Å². The highest BCUT2D eigenvalue weighted by molar-refractivity contribution is 7.12. The van der Waals surface area contributed by atoms with Crippen LogP contribution in [0.5, 0.6) is 0 Å². The van der Waals surface area contributed by atoms with Gasteiger partial charge in [0.15, 0.2) is 0 Å². The van der Waals surface area contributed by atoms with Gasteiger partial charge in [-0.1, -0.05) is 11.8 Å². The van der Waals surface area contributed by atoms with Crippen LogP contribution in [0.15, 0.2) is 11.4 Å². The number of aliphatic hydroxyl groups is 1. The molecule has 0 radical (unpaired) electrons. The molecule has 1 fully saturated rings. The Balaban J connectivity index is 2.18. The molecule has 0 spiro atoms. The number of nitrogens with zero attached hydrogens (tertiary/aromatic N) is 1. The highest BCUT2D eigenvalue weighted by Gasteiger charge is 2.29. The fourth-order valence-electron chi connectivity index (χ4n) is 1.95. The highest BCUT2D eigenvalue weighted by Crippen LogP contribution is 2.31. The molecule has 1 saturated carbocycles. The van der Waals surface area contributed by atoms with E-state index >= 15 is 0 Å². The fourth-order valence-corrected chi connectivity index (χ4v) is 2.75. The van der Waals surface area contributed by atoms with Crippen LogP contribution < -0.4 is 0 Å². The lowest BCUT2D eigenvalue weighted by molar-refractivity contribution is 0.0701. The van der Waals surface area contributed by atoms with Crippen molar-refractivity contribution >= 4 is 17.2 Å². The second-order valence-electron chi connectivity index (χ2n) is 5.12. The Morgan fingerprint density at radius 2 is 2.32 bits per heavy atom. The molecule has 1 aliphatic carbocycles. The Labute approximate surface area is 118 Å². The van der Waals surface area contributed by atoms with Gasteiger partial charge in [-0.2, -0.15) is 0 Å². The Morgan fingerprint density at radius 3 is 2.89 bits per heavy atom. The van der Waals surface area contributed by atoms with Gasteiger partial charge >= 0.3 is 0 Å². The Hall–Kier alpha value is -1.31. The zero-order chi connectivity index (χ0) is 13.8. The van der Waals surface area contributed by atoms with Gasteiger partial charge in [-0.05, 0) is 44.1 Å². The van der Waals surface area contributed by atoms with Crippen LogP contribution in [0.3, 0.4) is 0 Å². The van der Waals surface area contributed by atoms with E-state index in [9.17, 15) is 4.79 Å². The Morgan fingerprint density at radius 1 is 1.58 bits per heavy atom. The maximum Gasteiger partial charge on any atom is 0.265 e. The van der Waals surface area contributed by atoms with Gasteiger partial charge in [0.2, 0.25) is 0 Å². The van der Waals surface area contributed by atoms with Crippen LogP contribution in [0.4, 0.5) is 0 Å². The van der Waals surface area contributed by atoms with Crippen LogP contribution >= 0.6 is 11.3 Å². The van der Waals surface area contributed by atoms with Gasteiger partial charge < -0.3 is 10.0 Å². The van der Waals surface area contributed by atoms with E-state index in [2.05, 4.69) is 11.8 Å². The summed E-state index contributed by atoms with van der Waals surface area (Å²) in [4.78, 5) is 15.2. The minimum absolute atomic E-state index is 0.0686. The smallest absolute Gasteiger partial charge is 0.265 e. The van der Waals surface area contributed by atoms with E-state index in [4.69, 9.17) is 5.11 Å². The van der Waals surface area contributed by atoms with Gasteiger partial charge in [0.25, 0.3) is 5.91 Å². The molecule has 1 N–H and O–H groups in total. The number of carbonyl (C=O) groups excluding carboxylic acids is 1. The molecule has 0 unspecified atom stereocenters. The van der Waals surface area contributed by atoms with Crippen LogP contribution in [0.1, 0.15) is 41.9 Å². The maximum atomic E-state index is 12.6. The lowest BCUT2D eigenvalue weighted by Crippen LogP contribution is -2.38. The van der Waals surface area contributed by atoms with Gasteiger partial charge in [0.05, 0.1) is 0 Å². The minimum atomic E-state index is -0.181. The van der Waals surface area contributed by atoms with Crippen LogP contribution in [-0.4, -0.2) is 35.1 Å². The monoisotopic (exact) mass is 277 g/mol. The summed E-state index contributed by atoms with van der Waals surface area (Å²) in [5, 5.41) is 10.6. The molecule has 1 aromatic rings. The van der Waals surface area contributed by atoms with E-state index in [1.165, 1.54) is 24.2 Å². The van der Waals surface area contributed by atoms with Gasteiger partial charge in [-0.15, -0.1) is 11.3 Å². The summed E-state index contributed by atoms with van der Waals surface area (Å²) in [6.45, 7) is 4.76. The standard InChI is InChI=1S/C15H19NO2S/c1-11(2)16(10-12-5-6-12)15(18)14-13(4-3-8-17)7-9-19-14/h7,9,11-12,17H,5-6,8,10H2,1-2H3.